The molecule has 0 heterocycles. The first kappa shape index (κ1) is 19.4. The van der Waals surface area contributed by atoms with Crippen molar-refractivity contribution in [3.63, 3.8) is 0 Å². The molecular weight excluding hydrogens is 304 g/mol. The summed E-state index contributed by atoms with van der Waals surface area (Å²) in [4.78, 5) is 21.5. The molecule has 4 heteroatoms. The fraction of sp³-hybridized carbons (Fsp3) is 0.300. The Morgan fingerprint density at radius 1 is 0.667 bits per heavy atom. The van der Waals surface area contributed by atoms with Gasteiger partial charge in [0, 0.05) is 12.8 Å². The van der Waals surface area contributed by atoms with Crippen LogP contribution in [0.4, 0.5) is 0 Å². The fourth-order valence-electron chi connectivity index (χ4n) is 1.68. The summed E-state index contributed by atoms with van der Waals surface area (Å²) in [6, 6.07) is 19.3. The number of carbonyl (C=O) groups is 2. The van der Waals surface area contributed by atoms with Crippen LogP contribution in [-0.2, 0) is 32.3 Å². The van der Waals surface area contributed by atoms with Gasteiger partial charge in [0.1, 0.15) is 13.2 Å². The van der Waals surface area contributed by atoms with Crippen LogP contribution < -0.4 is 0 Å². The minimum absolute atomic E-state index is 0.154. The molecule has 0 saturated heterocycles. The minimum atomic E-state index is -0.154. The van der Waals surface area contributed by atoms with E-state index in [0.717, 1.165) is 11.1 Å². The summed E-state index contributed by atoms with van der Waals surface area (Å²) in [5.74, 6) is -0.308. The Balaban J connectivity index is 0.000000240. The van der Waals surface area contributed by atoms with Gasteiger partial charge in [0.2, 0.25) is 0 Å². The molecule has 2 rings (SSSR count). The SMILES string of the molecule is CCC(=O)OCc1ccccc1.CCC(=O)OCc1ccccc1. The number of benzene rings is 2. The van der Waals surface area contributed by atoms with Gasteiger partial charge in [0.15, 0.2) is 0 Å². The third kappa shape index (κ3) is 8.73. The quantitative estimate of drug-likeness (QED) is 0.743. The van der Waals surface area contributed by atoms with E-state index in [1.807, 2.05) is 60.7 Å². The lowest BCUT2D eigenvalue weighted by molar-refractivity contribution is -0.145. The predicted molar refractivity (Wildman–Crippen MR) is 93.1 cm³/mol. The summed E-state index contributed by atoms with van der Waals surface area (Å²) in [6.45, 7) is 4.34. The highest BCUT2D eigenvalue weighted by Crippen LogP contribution is 2.01. The lowest BCUT2D eigenvalue weighted by Gasteiger charge is -2.01. The number of ether oxygens (including phenoxy) is 2. The molecule has 0 atom stereocenters. The van der Waals surface area contributed by atoms with Crippen LogP contribution in [0.25, 0.3) is 0 Å². The van der Waals surface area contributed by atoms with Gasteiger partial charge in [0.25, 0.3) is 0 Å². The molecule has 0 aliphatic rings. The molecule has 2 aromatic rings. The number of hydrogen-bond acceptors (Lipinski definition) is 4. The first-order valence-corrected chi connectivity index (χ1v) is 8.04. The zero-order valence-corrected chi connectivity index (χ0v) is 14.2. The molecule has 0 amide bonds. The maximum atomic E-state index is 10.8. The third-order valence-corrected chi connectivity index (χ3v) is 3.06. The maximum Gasteiger partial charge on any atom is 0.305 e. The highest BCUT2D eigenvalue weighted by molar-refractivity contribution is 5.69. The molecule has 0 unspecified atom stereocenters. The van der Waals surface area contributed by atoms with Crippen molar-refractivity contribution in [1.29, 1.82) is 0 Å². The topological polar surface area (TPSA) is 52.6 Å². The van der Waals surface area contributed by atoms with Gasteiger partial charge in [0.05, 0.1) is 0 Å². The molecule has 0 aliphatic carbocycles. The lowest BCUT2D eigenvalue weighted by Crippen LogP contribution is -2.01. The maximum absolute atomic E-state index is 10.8. The van der Waals surface area contributed by atoms with Gasteiger partial charge in [-0.25, -0.2) is 0 Å². The molecule has 0 saturated carbocycles. The highest BCUT2D eigenvalue weighted by Gasteiger charge is 1.98. The standard InChI is InChI=1S/2C10H12O2/c2*1-2-10(11)12-8-9-6-4-3-5-7-9/h2*3-7H,2,8H2,1H3. The molecule has 0 bridgehead atoms. The van der Waals surface area contributed by atoms with Crippen molar-refractivity contribution in [2.45, 2.75) is 39.9 Å². The van der Waals surface area contributed by atoms with Gasteiger partial charge in [-0.1, -0.05) is 74.5 Å². The van der Waals surface area contributed by atoms with Crippen LogP contribution in [0, 0.1) is 0 Å². The van der Waals surface area contributed by atoms with Crippen molar-refractivity contribution in [3.05, 3.63) is 71.8 Å². The number of esters is 2. The molecule has 0 N–H and O–H groups in total. The van der Waals surface area contributed by atoms with Crippen LogP contribution in [0.3, 0.4) is 0 Å². The molecule has 4 nitrogen and oxygen atoms in total. The zero-order chi connectivity index (χ0) is 17.6. The average molecular weight is 328 g/mol. The van der Waals surface area contributed by atoms with E-state index in [2.05, 4.69) is 0 Å². The van der Waals surface area contributed by atoms with Crippen LogP contribution >= 0.6 is 0 Å². The molecular formula is C20H24O4. The summed E-state index contributed by atoms with van der Waals surface area (Å²) in [5.41, 5.74) is 2.05. The summed E-state index contributed by atoms with van der Waals surface area (Å²) in [6.07, 6.45) is 0.875. The Morgan fingerprint density at radius 3 is 1.29 bits per heavy atom. The molecule has 0 aliphatic heterocycles. The van der Waals surface area contributed by atoms with E-state index >= 15 is 0 Å². The number of carbonyl (C=O) groups excluding carboxylic acids is 2. The second-order valence-electron chi connectivity index (χ2n) is 5.00. The Hall–Kier alpha value is -2.62. The minimum Gasteiger partial charge on any atom is -0.461 e. The first-order valence-electron chi connectivity index (χ1n) is 8.04. The Morgan fingerprint density at radius 2 is 1.00 bits per heavy atom. The highest BCUT2D eigenvalue weighted by atomic mass is 16.5. The van der Waals surface area contributed by atoms with Crippen LogP contribution in [-0.4, -0.2) is 11.9 Å². The van der Waals surface area contributed by atoms with E-state index in [4.69, 9.17) is 9.47 Å². The van der Waals surface area contributed by atoms with E-state index in [0.29, 0.717) is 26.1 Å². The van der Waals surface area contributed by atoms with Gasteiger partial charge >= 0.3 is 11.9 Å². The van der Waals surface area contributed by atoms with Gasteiger partial charge in [-0.3, -0.25) is 9.59 Å². The van der Waals surface area contributed by atoms with E-state index in [-0.39, 0.29) is 11.9 Å². The molecule has 2 aromatic carbocycles. The second-order valence-corrected chi connectivity index (χ2v) is 5.00. The fourth-order valence-corrected chi connectivity index (χ4v) is 1.68. The van der Waals surface area contributed by atoms with E-state index in [1.54, 1.807) is 13.8 Å². The van der Waals surface area contributed by atoms with Crippen molar-refractivity contribution < 1.29 is 19.1 Å². The lowest BCUT2D eigenvalue weighted by atomic mass is 10.2. The molecule has 0 fully saturated rings. The Bertz CT molecular complexity index is 538. The smallest absolute Gasteiger partial charge is 0.305 e. The molecule has 0 aromatic heterocycles. The van der Waals surface area contributed by atoms with E-state index < -0.39 is 0 Å². The number of rotatable bonds is 6. The Labute approximate surface area is 143 Å². The molecule has 128 valence electrons. The van der Waals surface area contributed by atoms with E-state index in [1.165, 1.54) is 0 Å². The van der Waals surface area contributed by atoms with Gasteiger partial charge in [-0.2, -0.15) is 0 Å². The van der Waals surface area contributed by atoms with Crippen LogP contribution in [0.2, 0.25) is 0 Å². The summed E-state index contributed by atoms with van der Waals surface area (Å²) in [7, 11) is 0. The van der Waals surface area contributed by atoms with Crippen LogP contribution in [0.15, 0.2) is 60.7 Å². The molecule has 0 spiro atoms. The monoisotopic (exact) mass is 328 g/mol. The zero-order valence-electron chi connectivity index (χ0n) is 14.2. The number of hydrogen-bond donors (Lipinski definition) is 0. The van der Waals surface area contributed by atoms with E-state index in [9.17, 15) is 9.59 Å². The Kier molecular flexibility index (Phi) is 9.62. The van der Waals surface area contributed by atoms with Gasteiger partial charge in [-0.15, -0.1) is 0 Å². The predicted octanol–water partition coefficient (Wildman–Crippen LogP) is 4.28. The summed E-state index contributed by atoms with van der Waals surface area (Å²) in [5, 5.41) is 0. The molecule has 24 heavy (non-hydrogen) atoms. The largest absolute Gasteiger partial charge is 0.461 e. The average Bonchev–Trinajstić information content (AvgIpc) is 2.66. The van der Waals surface area contributed by atoms with Gasteiger partial charge in [-0.05, 0) is 11.1 Å². The first-order chi connectivity index (χ1) is 11.7. The van der Waals surface area contributed by atoms with Crippen LogP contribution in [0.5, 0.6) is 0 Å². The molecule has 0 radical (unpaired) electrons. The van der Waals surface area contributed by atoms with Crippen LogP contribution in [0.1, 0.15) is 37.8 Å². The summed E-state index contributed by atoms with van der Waals surface area (Å²) < 4.78 is 9.88. The second kappa shape index (κ2) is 11.9. The summed E-state index contributed by atoms with van der Waals surface area (Å²) >= 11 is 0. The van der Waals surface area contributed by atoms with Crippen molar-refractivity contribution in [2.24, 2.45) is 0 Å². The van der Waals surface area contributed by atoms with Crippen molar-refractivity contribution >= 4 is 11.9 Å². The normalized spacial score (nSPS) is 9.42. The van der Waals surface area contributed by atoms with Crippen molar-refractivity contribution in [2.75, 3.05) is 0 Å². The van der Waals surface area contributed by atoms with Gasteiger partial charge < -0.3 is 9.47 Å². The van der Waals surface area contributed by atoms with Crippen molar-refractivity contribution in [3.8, 4) is 0 Å². The third-order valence-electron chi connectivity index (χ3n) is 3.06. The van der Waals surface area contributed by atoms with Crippen molar-refractivity contribution in [1.82, 2.24) is 0 Å².